The molecule has 17 heavy (non-hydrogen) atoms. The molecular weight excluding hydrogens is 222 g/mol. The van der Waals surface area contributed by atoms with Gasteiger partial charge >= 0.3 is 0 Å². The van der Waals surface area contributed by atoms with Crippen LogP contribution < -0.4 is 15.4 Å². The van der Waals surface area contributed by atoms with Gasteiger partial charge in [-0.3, -0.25) is 9.59 Å². The number of carbonyl (C=O) groups is 2. The molecule has 0 aromatic carbocycles. The smallest absolute Gasteiger partial charge is 0.243 e. The van der Waals surface area contributed by atoms with Crippen molar-refractivity contribution < 1.29 is 14.3 Å². The van der Waals surface area contributed by atoms with Crippen LogP contribution in [-0.4, -0.2) is 36.5 Å². The molecule has 1 aromatic rings. The van der Waals surface area contributed by atoms with Crippen molar-refractivity contribution in [3.05, 3.63) is 23.9 Å². The highest BCUT2D eigenvalue weighted by Gasteiger charge is 2.26. The molecule has 1 saturated heterocycles. The number of hydrogen-bond donors (Lipinski definition) is 2. The molecule has 2 N–H and O–H groups in total. The summed E-state index contributed by atoms with van der Waals surface area (Å²) in [7, 11) is 1.53. The predicted molar refractivity (Wildman–Crippen MR) is 59.4 cm³/mol. The lowest BCUT2D eigenvalue weighted by Crippen LogP contribution is -2.56. The van der Waals surface area contributed by atoms with Crippen molar-refractivity contribution in [1.82, 2.24) is 15.6 Å². The third-order valence-electron chi connectivity index (χ3n) is 2.48. The summed E-state index contributed by atoms with van der Waals surface area (Å²) in [6.07, 6.45) is 0.356. The van der Waals surface area contributed by atoms with Crippen LogP contribution in [0.25, 0.3) is 0 Å². The van der Waals surface area contributed by atoms with Gasteiger partial charge in [-0.25, -0.2) is 4.98 Å². The number of pyridine rings is 1. The molecule has 6 nitrogen and oxygen atoms in total. The van der Waals surface area contributed by atoms with E-state index in [0.29, 0.717) is 18.0 Å². The van der Waals surface area contributed by atoms with Crippen LogP contribution in [0.2, 0.25) is 0 Å². The molecule has 1 aromatic heterocycles. The maximum atomic E-state index is 11.5. The van der Waals surface area contributed by atoms with Gasteiger partial charge in [-0.15, -0.1) is 0 Å². The molecule has 2 rings (SSSR count). The lowest BCUT2D eigenvalue weighted by Gasteiger charge is -2.22. The van der Waals surface area contributed by atoms with Crippen LogP contribution in [0.4, 0.5) is 0 Å². The number of rotatable bonds is 3. The zero-order valence-corrected chi connectivity index (χ0v) is 9.40. The molecule has 0 saturated carbocycles. The van der Waals surface area contributed by atoms with Crippen molar-refractivity contribution >= 4 is 11.8 Å². The fourth-order valence-corrected chi connectivity index (χ4v) is 1.64. The summed E-state index contributed by atoms with van der Waals surface area (Å²) >= 11 is 0. The number of nitrogens with one attached hydrogen (secondary N) is 2. The Bertz CT molecular complexity index is 447. The van der Waals surface area contributed by atoms with Crippen molar-refractivity contribution in [3.63, 3.8) is 0 Å². The molecular formula is C11H13N3O3. The second-order valence-corrected chi connectivity index (χ2v) is 3.71. The Labute approximate surface area is 98.4 Å². The van der Waals surface area contributed by atoms with E-state index in [2.05, 4.69) is 15.6 Å². The van der Waals surface area contributed by atoms with Gasteiger partial charge in [0.1, 0.15) is 6.04 Å². The largest absolute Gasteiger partial charge is 0.481 e. The molecule has 0 bridgehead atoms. The zero-order chi connectivity index (χ0) is 12.3. The van der Waals surface area contributed by atoms with Gasteiger partial charge in [0, 0.05) is 18.2 Å². The average Bonchev–Trinajstić information content (AvgIpc) is 2.34. The number of amides is 2. The fourth-order valence-electron chi connectivity index (χ4n) is 1.64. The minimum absolute atomic E-state index is 0.0425. The standard InChI is InChI=1S/C11H13N3O3/c1-17-10-4-2-3-7(13-10)5-8-11(16)12-6-9(15)14-8/h2-4,8H,5-6H2,1H3,(H,12,16)(H,14,15)/t8-/m0/s1. The third-order valence-corrected chi connectivity index (χ3v) is 2.48. The Kier molecular flexibility index (Phi) is 3.22. The summed E-state index contributed by atoms with van der Waals surface area (Å²) in [5.41, 5.74) is 0.701. The highest BCUT2D eigenvalue weighted by molar-refractivity contribution is 5.94. The lowest BCUT2D eigenvalue weighted by atomic mass is 10.1. The maximum absolute atomic E-state index is 11.5. The van der Waals surface area contributed by atoms with Crippen LogP contribution in [0.5, 0.6) is 5.88 Å². The van der Waals surface area contributed by atoms with Gasteiger partial charge in [0.2, 0.25) is 17.7 Å². The Balaban J connectivity index is 2.08. The van der Waals surface area contributed by atoms with E-state index in [4.69, 9.17) is 4.74 Å². The van der Waals surface area contributed by atoms with Crippen LogP contribution >= 0.6 is 0 Å². The van der Waals surface area contributed by atoms with Gasteiger partial charge in [-0.1, -0.05) is 6.07 Å². The number of aromatic nitrogens is 1. The first kappa shape index (κ1) is 11.4. The van der Waals surface area contributed by atoms with Crippen LogP contribution in [0.1, 0.15) is 5.69 Å². The van der Waals surface area contributed by atoms with Crippen LogP contribution in [0, 0.1) is 0 Å². The highest BCUT2D eigenvalue weighted by Crippen LogP contribution is 2.09. The summed E-state index contributed by atoms with van der Waals surface area (Å²) in [6.45, 7) is 0.0425. The quantitative estimate of drug-likeness (QED) is 0.722. The van der Waals surface area contributed by atoms with E-state index in [0.717, 1.165) is 0 Å². The molecule has 1 aliphatic rings. The number of carbonyl (C=O) groups excluding carboxylic acids is 2. The van der Waals surface area contributed by atoms with E-state index in [1.807, 2.05) is 0 Å². The van der Waals surface area contributed by atoms with Gasteiger partial charge in [-0.2, -0.15) is 0 Å². The average molecular weight is 235 g/mol. The summed E-state index contributed by atoms with van der Waals surface area (Å²) in [5.74, 6) is 0.122. The second kappa shape index (κ2) is 4.82. The van der Waals surface area contributed by atoms with E-state index >= 15 is 0 Å². The summed E-state index contributed by atoms with van der Waals surface area (Å²) in [4.78, 5) is 26.9. The molecule has 2 heterocycles. The molecule has 1 atom stereocenters. The molecule has 90 valence electrons. The van der Waals surface area contributed by atoms with Gasteiger partial charge < -0.3 is 15.4 Å². The van der Waals surface area contributed by atoms with Crippen molar-refractivity contribution in [1.29, 1.82) is 0 Å². The normalized spacial score (nSPS) is 19.5. The van der Waals surface area contributed by atoms with E-state index in [1.165, 1.54) is 7.11 Å². The molecule has 1 fully saturated rings. The summed E-state index contributed by atoms with van der Waals surface area (Å²) in [6, 6.07) is 4.75. The minimum Gasteiger partial charge on any atom is -0.481 e. The minimum atomic E-state index is -0.559. The molecule has 1 aliphatic heterocycles. The van der Waals surface area contributed by atoms with Crippen molar-refractivity contribution in [2.75, 3.05) is 13.7 Å². The molecule has 0 spiro atoms. The molecule has 0 aliphatic carbocycles. The molecule has 0 radical (unpaired) electrons. The summed E-state index contributed by atoms with van der Waals surface area (Å²) < 4.78 is 4.99. The Hall–Kier alpha value is -2.11. The number of methoxy groups -OCH3 is 1. The van der Waals surface area contributed by atoms with Crippen LogP contribution in [0.3, 0.4) is 0 Å². The van der Waals surface area contributed by atoms with E-state index in [1.54, 1.807) is 18.2 Å². The topological polar surface area (TPSA) is 80.3 Å². The molecule has 0 unspecified atom stereocenters. The number of ether oxygens (including phenoxy) is 1. The maximum Gasteiger partial charge on any atom is 0.243 e. The highest BCUT2D eigenvalue weighted by atomic mass is 16.5. The first-order valence-electron chi connectivity index (χ1n) is 5.26. The van der Waals surface area contributed by atoms with Crippen molar-refractivity contribution in [2.45, 2.75) is 12.5 Å². The van der Waals surface area contributed by atoms with Crippen LogP contribution in [-0.2, 0) is 16.0 Å². The first-order chi connectivity index (χ1) is 8.19. The molecule has 6 heteroatoms. The Morgan fingerprint density at radius 3 is 3.06 bits per heavy atom. The van der Waals surface area contributed by atoms with E-state index in [9.17, 15) is 9.59 Å². The summed E-state index contributed by atoms with van der Waals surface area (Å²) in [5, 5.41) is 5.14. The number of piperazine rings is 1. The SMILES string of the molecule is COc1cccc(C[C@@H]2NC(=O)CNC2=O)n1. The van der Waals surface area contributed by atoms with Crippen molar-refractivity contribution in [2.24, 2.45) is 0 Å². The molecule has 2 amide bonds. The van der Waals surface area contributed by atoms with Gasteiger partial charge in [0.05, 0.1) is 13.7 Å². The number of nitrogens with zero attached hydrogens (tertiary/aromatic N) is 1. The van der Waals surface area contributed by atoms with Crippen LogP contribution in [0.15, 0.2) is 18.2 Å². The van der Waals surface area contributed by atoms with Crippen molar-refractivity contribution in [3.8, 4) is 5.88 Å². The van der Waals surface area contributed by atoms with Gasteiger partial charge in [0.15, 0.2) is 0 Å². The first-order valence-corrected chi connectivity index (χ1v) is 5.26. The van der Waals surface area contributed by atoms with E-state index < -0.39 is 6.04 Å². The van der Waals surface area contributed by atoms with Gasteiger partial charge in [-0.05, 0) is 6.07 Å². The van der Waals surface area contributed by atoms with E-state index in [-0.39, 0.29) is 18.4 Å². The monoisotopic (exact) mass is 235 g/mol. The lowest BCUT2D eigenvalue weighted by molar-refractivity contribution is -0.133. The fraction of sp³-hybridized carbons (Fsp3) is 0.364. The van der Waals surface area contributed by atoms with Gasteiger partial charge in [0.25, 0.3) is 0 Å². The Morgan fingerprint density at radius 1 is 1.47 bits per heavy atom. The second-order valence-electron chi connectivity index (χ2n) is 3.71. The number of hydrogen-bond acceptors (Lipinski definition) is 4. The third kappa shape index (κ3) is 2.72. The zero-order valence-electron chi connectivity index (χ0n) is 9.40. The predicted octanol–water partition coefficient (Wildman–Crippen LogP) is -0.753. The Morgan fingerprint density at radius 2 is 2.29 bits per heavy atom.